The normalized spacial score (nSPS) is 13.3. The lowest BCUT2D eigenvalue weighted by atomic mass is 10.0. The summed E-state index contributed by atoms with van der Waals surface area (Å²) in [5.74, 6) is 0. The number of carbonyl (C=O) groups is 1. The molecule has 0 saturated carbocycles. The highest BCUT2D eigenvalue weighted by atomic mass is 16.3. The Bertz CT molecular complexity index is 581. The molecule has 0 unspecified atom stereocenters. The van der Waals surface area contributed by atoms with Crippen molar-refractivity contribution in [3.8, 4) is 0 Å². The smallest absolute Gasteiger partial charge is 0.319 e. The van der Waals surface area contributed by atoms with E-state index in [9.17, 15) is 9.90 Å². The number of amides is 2. The number of hydrogen-bond acceptors (Lipinski definition) is 2. The second kappa shape index (κ2) is 6.90. The van der Waals surface area contributed by atoms with Crippen LogP contribution in [0.3, 0.4) is 0 Å². The summed E-state index contributed by atoms with van der Waals surface area (Å²) in [4.78, 5) is 11.9. The van der Waals surface area contributed by atoms with Gasteiger partial charge in [-0.1, -0.05) is 48.0 Å². The second-order valence-electron chi connectivity index (χ2n) is 5.11. The summed E-state index contributed by atoms with van der Waals surface area (Å²) in [6.45, 7) is 3.76. The fourth-order valence-corrected chi connectivity index (χ4v) is 2.03. The third kappa shape index (κ3) is 4.33. The summed E-state index contributed by atoms with van der Waals surface area (Å²) in [5.41, 5.74) is 2.63. The SMILES string of the molecule is Cc1ccc(NC(=O)N[C@@H](C)[C@H](O)c2ccccc2)cc1. The molecule has 2 rings (SSSR count). The Morgan fingerprint density at radius 1 is 1.05 bits per heavy atom. The van der Waals surface area contributed by atoms with E-state index in [-0.39, 0.29) is 6.03 Å². The molecule has 0 spiro atoms. The van der Waals surface area contributed by atoms with E-state index in [4.69, 9.17) is 0 Å². The van der Waals surface area contributed by atoms with E-state index < -0.39 is 12.1 Å². The van der Waals surface area contributed by atoms with Crippen LogP contribution in [0.2, 0.25) is 0 Å². The van der Waals surface area contributed by atoms with Crippen molar-refractivity contribution in [3.05, 3.63) is 65.7 Å². The molecule has 0 aliphatic carbocycles. The lowest BCUT2D eigenvalue weighted by Crippen LogP contribution is -2.39. The Morgan fingerprint density at radius 2 is 1.67 bits per heavy atom. The summed E-state index contributed by atoms with van der Waals surface area (Å²) in [7, 11) is 0. The van der Waals surface area contributed by atoms with Crippen molar-refractivity contribution < 1.29 is 9.90 Å². The van der Waals surface area contributed by atoms with E-state index >= 15 is 0 Å². The van der Waals surface area contributed by atoms with Crippen molar-refractivity contribution in [3.63, 3.8) is 0 Å². The van der Waals surface area contributed by atoms with Gasteiger partial charge in [0.05, 0.1) is 12.1 Å². The Balaban J connectivity index is 1.91. The topological polar surface area (TPSA) is 61.4 Å². The van der Waals surface area contributed by atoms with Gasteiger partial charge in [0.1, 0.15) is 0 Å². The van der Waals surface area contributed by atoms with Crippen molar-refractivity contribution >= 4 is 11.7 Å². The van der Waals surface area contributed by atoms with Gasteiger partial charge in [-0.25, -0.2) is 4.79 Å². The van der Waals surface area contributed by atoms with E-state index in [1.807, 2.05) is 61.5 Å². The van der Waals surface area contributed by atoms with E-state index in [2.05, 4.69) is 10.6 Å². The minimum Gasteiger partial charge on any atom is -0.386 e. The monoisotopic (exact) mass is 284 g/mol. The Kier molecular flexibility index (Phi) is 4.95. The van der Waals surface area contributed by atoms with Crippen molar-refractivity contribution in [2.45, 2.75) is 26.0 Å². The number of aliphatic hydroxyl groups is 1. The highest BCUT2D eigenvalue weighted by molar-refractivity contribution is 5.89. The van der Waals surface area contributed by atoms with Gasteiger partial charge in [-0.15, -0.1) is 0 Å². The molecular weight excluding hydrogens is 264 g/mol. The zero-order valence-corrected chi connectivity index (χ0v) is 12.2. The van der Waals surface area contributed by atoms with Crippen LogP contribution in [0.1, 0.15) is 24.2 Å². The van der Waals surface area contributed by atoms with Crippen molar-refractivity contribution in [2.75, 3.05) is 5.32 Å². The first-order chi connectivity index (χ1) is 10.1. The first kappa shape index (κ1) is 15.1. The number of rotatable bonds is 4. The molecule has 2 amide bonds. The highest BCUT2D eigenvalue weighted by Gasteiger charge is 2.18. The first-order valence-electron chi connectivity index (χ1n) is 6.93. The van der Waals surface area contributed by atoms with Crippen molar-refractivity contribution in [1.29, 1.82) is 0 Å². The van der Waals surface area contributed by atoms with Crippen molar-refractivity contribution in [2.24, 2.45) is 0 Å². The summed E-state index contributed by atoms with van der Waals surface area (Å²) in [5, 5.41) is 15.7. The molecular formula is C17H20N2O2. The molecule has 2 aromatic rings. The van der Waals surface area contributed by atoms with Gasteiger partial charge in [-0.05, 0) is 31.5 Å². The predicted molar refractivity (Wildman–Crippen MR) is 84.2 cm³/mol. The molecule has 110 valence electrons. The standard InChI is InChI=1S/C17H20N2O2/c1-12-8-10-15(11-9-12)19-17(21)18-13(2)16(20)14-6-4-3-5-7-14/h3-11,13,16,20H,1-2H3,(H2,18,19,21)/t13-,16-/m0/s1. The van der Waals surface area contributed by atoms with E-state index in [0.29, 0.717) is 0 Å². The maximum Gasteiger partial charge on any atom is 0.319 e. The molecule has 0 aliphatic rings. The molecule has 0 aliphatic heterocycles. The van der Waals surface area contributed by atoms with E-state index in [0.717, 1.165) is 16.8 Å². The maximum absolute atomic E-state index is 11.9. The van der Waals surface area contributed by atoms with Crippen LogP contribution in [0.5, 0.6) is 0 Å². The van der Waals surface area contributed by atoms with Crippen LogP contribution in [-0.2, 0) is 0 Å². The van der Waals surface area contributed by atoms with Crippen molar-refractivity contribution in [1.82, 2.24) is 5.32 Å². The lowest BCUT2D eigenvalue weighted by Gasteiger charge is -2.20. The van der Waals surface area contributed by atoms with Gasteiger partial charge in [0, 0.05) is 5.69 Å². The Hall–Kier alpha value is -2.33. The first-order valence-corrected chi connectivity index (χ1v) is 6.93. The molecule has 3 N–H and O–H groups in total. The number of urea groups is 1. The van der Waals surface area contributed by atoms with Gasteiger partial charge < -0.3 is 15.7 Å². The van der Waals surface area contributed by atoms with Crippen LogP contribution < -0.4 is 10.6 Å². The van der Waals surface area contributed by atoms with Gasteiger partial charge in [0.25, 0.3) is 0 Å². The van der Waals surface area contributed by atoms with Crippen LogP contribution in [0.4, 0.5) is 10.5 Å². The molecule has 0 radical (unpaired) electrons. The lowest BCUT2D eigenvalue weighted by molar-refractivity contribution is 0.139. The number of carbonyl (C=O) groups excluding carboxylic acids is 1. The maximum atomic E-state index is 11.9. The molecule has 0 bridgehead atoms. The zero-order valence-electron chi connectivity index (χ0n) is 12.2. The predicted octanol–water partition coefficient (Wildman–Crippen LogP) is 3.24. The number of nitrogens with one attached hydrogen (secondary N) is 2. The quantitative estimate of drug-likeness (QED) is 0.807. The largest absolute Gasteiger partial charge is 0.386 e. The van der Waals surface area contributed by atoms with Gasteiger partial charge in [0.15, 0.2) is 0 Å². The van der Waals surface area contributed by atoms with Gasteiger partial charge in [-0.2, -0.15) is 0 Å². The minimum absolute atomic E-state index is 0.332. The Labute approximate surface area is 124 Å². The van der Waals surface area contributed by atoms with Gasteiger partial charge >= 0.3 is 6.03 Å². The number of benzene rings is 2. The molecule has 4 heteroatoms. The zero-order chi connectivity index (χ0) is 15.2. The van der Waals surface area contributed by atoms with Crippen LogP contribution in [0, 0.1) is 6.92 Å². The van der Waals surface area contributed by atoms with Gasteiger partial charge in [0.2, 0.25) is 0 Å². The summed E-state index contributed by atoms with van der Waals surface area (Å²) in [6.07, 6.45) is -0.741. The second-order valence-corrected chi connectivity index (χ2v) is 5.11. The molecule has 0 heterocycles. The summed E-state index contributed by atoms with van der Waals surface area (Å²) < 4.78 is 0. The van der Waals surface area contributed by atoms with Crippen LogP contribution >= 0.6 is 0 Å². The molecule has 4 nitrogen and oxygen atoms in total. The molecule has 0 saturated heterocycles. The average molecular weight is 284 g/mol. The van der Waals surface area contributed by atoms with Gasteiger partial charge in [-0.3, -0.25) is 0 Å². The summed E-state index contributed by atoms with van der Waals surface area (Å²) in [6, 6.07) is 16.1. The number of aliphatic hydroxyl groups excluding tert-OH is 1. The Morgan fingerprint density at radius 3 is 2.29 bits per heavy atom. The molecule has 2 aromatic carbocycles. The summed E-state index contributed by atoms with van der Waals surface area (Å²) >= 11 is 0. The van der Waals surface area contributed by atoms with Crippen LogP contribution in [0.25, 0.3) is 0 Å². The van der Waals surface area contributed by atoms with E-state index in [1.165, 1.54) is 0 Å². The van der Waals surface area contributed by atoms with Crippen LogP contribution in [-0.4, -0.2) is 17.2 Å². The molecule has 21 heavy (non-hydrogen) atoms. The average Bonchev–Trinajstić information content (AvgIpc) is 2.49. The van der Waals surface area contributed by atoms with Crippen LogP contribution in [0.15, 0.2) is 54.6 Å². The number of hydrogen-bond donors (Lipinski definition) is 3. The molecule has 0 fully saturated rings. The molecule has 0 aromatic heterocycles. The fraction of sp³-hybridized carbons (Fsp3) is 0.235. The number of anilines is 1. The fourth-order valence-electron chi connectivity index (χ4n) is 2.03. The van der Waals surface area contributed by atoms with E-state index in [1.54, 1.807) is 6.92 Å². The number of aryl methyl sites for hydroxylation is 1. The minimum atomic E-state index is -0.741. The third-order valence-corrected chi connectivity index (χ3v) is 3.28. The third-order valence-electron chi connectivity index (χ3n) is 3.28. The highest BCUT2D eigenvalue weighted by Crippen LogP contribution is 2.16. The molecule has 2 atom stereocenters.